The smallest absolute Gasteiger partial charge is 0.265 e. The van der Waals surface area contributed by atoms with E-state index in [1.807, 2.05) is 26.8 Å². The highest BCUT2D eigenvalue weighted by atomic mass is 32.1. The molecule has 2 aromatic rings. The second kappa shape index (κ2) is 4.89. The second-order valence-corrected chi connectivity index (χ2v) is 5.44. The lowest BCUT2D eigenvalue weighted by atomic mass is 10.3. The SMILES string of the molecule is Cc1cc(CN(C)C(=O)c2sc(C)nc2C)no1. The van der Waals surface area contributed by atoms with Crippen molar-refractivity contribution in [2.24, 2.45) is 0 Å². The summed E-state index contributed by atoms with van der Waals surface area (Å²) in [5.74, 6) is 0.717. The van der Waals surface area contributed by atoms with Crippen molar-refractivity contribution in [3.63, 3.8) is 0 Å². The Balaban J connectivity index is 2.11. The van der Waals surface area contributed by atoms with Crippen molar-refractivity contribution in [3.8, 4) is 0 Å². The minimum absolute atomic E-state index is 0.0289. The molecule has 2 aromatic heterocycles. The normalized spacial score (nSPS) is 10.7. The first-order valence-corrected chi connectivity index (χ1v) is 6.40. The molecule has 0 aliphatic carbocycles. The molecule has 0 saturated carbocycles. The van der Waals surface area contributed by atoms with Gasteiger partial charge in [0.25, 0.3) is 5.91 Å². The zero-order valence-electron chi connectivity index (χ0n) is 10.9. The third kappa shape index (κ3) is 2.59. The quantitative estimate of drug-likeness (QED) is 0.854. The number of hydrogen-bond donors (Lipinski definition) is 0. The van der Waals surface area contributed by atoms with Gasteiger partial charge >= 0.3 is 0 Å². The number of aryl methyl sites for hydroxylation is 3. The first-order chi connectivity index (χ1) is 8.47. The van der Waals surface area contributed by atoms with Gasteiger partial charge in [-0.2, -0.15) is 0 Å². The van der Waals surface area contributed by atoms with E-state index in [2.05, 4.69) is 10.1 Å². The Labute approximate surface area is 109 Å². The Morgan fingerprint density at radius 3 is 2.67 bits per heavy atom. The standard InChI is InChI=1S/C12H15N3O2S/c1-7-5-10(14-17-7)6-15(4)12(16)11-8(2)13-9(3)18-11/h5H,6H2,1-4H3. The lowest BCUT2D eigenvalue weighted by molar-refractivity contribution is 0.0786. The number of hydrogen-bond acceptors (Lipinski definition) is 5. The van der Waals surface area contributed by atoms with Crippen molar-refractivity contribution in [2.75, 3.05) is 7.05 Å². The van der Waals surface area contributed by atoms with E-state index in [0.29, 0.717) is 11.4 Å². The average molecular weight is 265 g/mol. The first-order valence-electron chi connectivity index (χ1n) is 5.59. The lowest BCUT2D eigenvalue weighted by Gasteiger charge is -2.14. The molecule has 1 amide bonds. The summed E-state index contributed by atoms with van der Waals surface area (Å²) in [6.07, 6.45) is 0. The minimum Gasteiger partial charge on any atom is -0.361 e. The Bertz CT molecular complexity index is 574. The summed E-state index contributed by atoms with van der Waals surface area (Å²) in [6.45, 7) is 6.02. The van der Waals surface area contributed by atoms with Crippen LogP contribution in [0.3, 0.4) is 0 Å². The second-order valence-electron chi connectivity index (χ2n) is 4.24. The number of nitrogens with zero attached hydrogens (tertiary/aromatic N) is 3. The number of rotatable bonds is 3. The van der Waals surface area contributed by atoms with Gasteiger partial charge < -0.3 is 9.42 Å². The third-order valence-corrected chi connectivity index (χ3v) is 3.58. The predicted molar refractivity (Wildman–Crippen MR) is 68.6 cm³/mol. The number of amides is 1. The van der Waals surface area contributed by atoms with Gasteiger partial charge in [-0.05, 0) is 20.8 Å². The number of thiazole rings is 1. The zero-order chi connectivity index (χ0) is 13.3. The van der Waals surface area contributed by atoms with Crippen molar-refractivity contribution in [1.82, 2.24) is 15.0 Å². The van der Waals surface area contributed by atoms with E-state index >= 15 is 0 Å². The van der Waals surface area contributed by atoms with Crippen LogP contribution < -0.4 is 0 Å². The average Bonchev–Trinajstić information content (AvgIpc) is 2.84. The van der Waals surface area contributed by atoms with Crippen LogP contribution in [0.1, 0.15) is 31.8 Å². The highest BCUT2D eigenvalue weighted by molar-refractivity contribution is 7.13. The van der Waals surface area contributed by atoms with Crippen LogP contribution in [0.5, 0.6) is 0 Å². The Kier molecular flexibility index (Phi) is 3.47. The van der Waals surface area contributed by atoms with Gasteiger partial charge in [0, 0.05) is 13.1 Å². The summed E-state index contributed by atoms with van der Waals surface area (Å²) in [4.78, 5) is 18.8. The van der Waals surface area contributed by atoms with E-state index in [4.69, 9.17) is 4.52 Å². The molecular formula is C12H15N3O2S. The van der Waals surface area contributed by atoms with Crippen LogP contribution in [-0.4, -0.2) is 28.0 Å². The molecule has 0 aliphatic heterocycles. The van der Waals surface area contributed by atoms with E-state index in [0.717, 1.165) is 22.2 Å². The first kappa shape index (κ1) is 12.8. The van der Waals surface area contributed by atoms with Crippen molar-refractivity contribution in [3.05, 3.63) is 33.1 Å². The van der Waals surface area contributed by atoms with Crippen LogP contribution in [0.2, 0.25) is 0 Å². The van der Waals surface area contributed by atoms with Gasteiger partial charge in [0.1, 0.15) is 16.3 Å². The van der Waals surface area contributed by atoms with Gasteiger partial charge in [0.2, 0.25) is 0 Å². The molecule has 0 spiro atoms. The molecule has 5 nitrogen and oxygen atoms in total. The predicted octanol–water partition coefficient (Wildman–Crippen LogP) is 2.33. The summed E-state index contributed by atoms with van der Waals surface area (Å²) in [6, 6.07) is 1.83. The fourth-order valence-corrected chi connectivity index (χ4v) is 2.62. The maximum absolute atomic E-state index is 12.2. The minimum atomic E-state index is -0.0289. The number of carbonyl (C=O) groups is 1. The molecule has 0 radical (unpaired) electrons. The molecular weight excluding hydrogens is 250 g/mol. The molecule has 0 N–H and O–H groups in total. The fourth-order valence-electron chi connectivity index (χ4n) is 1.71. The summed E-state index contributed by atoms with van der Waals surface area (Å²) in [7, 11) is 1.75. The van der Waals surface area contributed by atoms with E-state index in [1.54, 1.807) is 11.9 Å². The maximum Gasteiger partial charge on any atom is 0.265 e. The Morgan fingerprint density at radius 1 is 1.44 bits per heavy atom. The van der Waals surface area contributed by atoms with Crippen molar-refractivity contribution in [1.29, 1.82) is 0 Å². The topological polar surface area (TPSA) is 59.2 Å². The molecule has 2 rings (SSSR count). The molecule has 0 aromatic carbocycles. The van der Waals surface area contributed by atoms with E-state index < -0.39 is 0 Å². The van der Waals surface area contributed by atoms with Crippen molar-refractivity contribution in [2.45, 2.75) is 27.3 Å². The highest BCUT2D eigenvalue weighted by Crippen LogP contribution is 2.19. The van der Waals surface area contributed by atoms with E-state index in [-0.39, 0.29) is 5.91 Å². The molecule has 0 saturated heterocycles. The lowest BCUT2D eigenvalue weighted by Crippen LogP contribution is -2.26. The number of carbonyl (C=O) groups excluding carboxylic acids is 1. The van der Waals surface area contributed by atoms with Gasteiger partial charge in [-0.1, -0.05) is 5.16 Å². The van der Waals surface area contributed by atoms with Crippen LogP contribution in [-0.2, 0) is 6.54 Å². The number of aromatic nitrogens is 2. The van der Waals surface area contributed by atoms with Crippen molar-refractivity contribution >= 4 is 17.2 Å². The molecule has 0 aliphatic rings. The fraction of sp³-hybridized carbons (Fsp3) is 0.417. The molecule has 6 heteroatoms. The van der Waals surface area contributed by atoms with Gasteiger partial charge in [0.05, 0.1) is 17.2 Å². The monoisotopic (exact) mass is 265 g/mol. The molecule has 0 fully saturated rings. The molecule has 0 bridgehead atoms. The van der Waals surface area contributed by atoms with Gasteiger partial charge in [-0.15, -0.1) is 11.3 Å². The van der Waals surface area contributed by atoms with Crippen LogP contribution in [0.15, 0.2) is 10.6 Å². The summed E-state index contributed by atoms with van der Waals surface area (Å²) in [5.41, 5.74) is 1.54. The van der Waals surface area contributed by atoms with Crippen LogP contribution in [0.25, 0.3) is 0 Å². The van der Waals surface area contributed by atoms with Crippen LogP contribution >= 0.6 is 11.3 Å². The third-order valence-electron chi connectivity index (χ3n) is 2.52. The van der Waals surface area contributed by atoms with Gasteiger partial charge in [-0.25, -0.2) is 4.98 Å². The molecule has 2 heterocycles. The van der Waals surface area contributed by atoms with Gasteiger partial charge in [0.15, 0.2) is 0 Å². The molecule has 96 valence electrons. The summed E-state index contributed by atoms with van der Waals surface area (Å²) < 4.78 is 4.98. The summed E-state index contributed by atoms with van der Waals surface area (Å²) in [5, 5.41) is 4.78. The largest absolute Gasteiger partial charge is 0.361 e. The summed E-state index contributed by atoms with van der Waals surface area (Å²) >= 11 is 1.42. The van der Waals surface area contributed by atoms with Gasteiger partial charge in [-0.3, -0.25) is 4.79 Å². The maximum atomic E-state index is 12.2. The molecule has 18 heavy (non-hydrogen) atoms. The van der Waals surface area contributed by atoms with E-state index in [9.17, 15) is 4.79 Å². The van der Waals surface area contributed by atoms with Crippen LogP contribution in [0.4, 0.5) is 0 Å². The Morgan fingerprint density at radius 2 is 2.17 bits per heavy atom. The van der Waals surface area contributed by atoms with Crippen molar-refractivity contribution < 1.29 is 9.32 Å². The van der Waals surface area contributed by atoms with E-state index in [1.165, 1.54) is 11.3 Å². The van der Waals surface area contributed by atoms with Crippen LogP contribution in [0, 0.1) is 20.8 Å². The highest BCUT2D eigenvalue weighted by Gasteiger charge is 2.18. The Hall–Kier alpha value is -1.69. The zero-order valence-corrected chi connectivity index (χ0v) is 11.7. The molecule has 0 unspecified atom stereocenters. The molecule has 0 atom stereocenters.